The number of carbonyl (C=O) groups excluding carboxylic acids is 1. The zero-order valence-corrected chi connectivity index (χ0v) is 11.5. The summed E-state index contributed by atoms with van der Waals surface area (Å²) in [6.07, 6.45) is -1.41. The first-order chi connectivity index (χ1) is 8.78. The van der Waals surface area contributed by atoms with Crippen molar-refractivity contribution in [1.82, 2.24) is 9.44 Å². The Morgan fingerprint density at radius 2 is 1.89 bits per heavy atom. The average Bonchev–Trinajstić information content (AvgIpc) is 2.26. The lowest BCUT2D eigenvalue weighted by atomic mass is 10.2. The average molecular weight is 287 g/mol. The van der Waals surface area contributed by atoms with Gasteiger partial charge in [-0.3, -0.25) is 0 Å². The minimum absolute atomic E-state index is 0.0462. The third-order valence-corrected chi connectivity index (χ3v) is 2.97. The van der Waals surface area contributed by atoms with E-state index in [0.29, 0.717) is 5.69 Å². The van der Waals surface area contributed by atoms with Crippen LogP contribution in [0.2, 0.25) is 0 Å². The summed E-state index contributed by atoms with van der Waals surface area (Å²) in [5, 5.41) is 0. The van der Waals surface area contributed by atoms with E-state index in [1.54, 1.807) is 42.8 Å². The van der Waals surface area contributed by atoms with E-state index in [2.05, 4.69) is 9.46 Å². The normalized spacial score (nSPS) is 11.3. The van der Waals surface area contributed by atoms with E-state index in [0.717, 1.165) is 5.56 Å². The lowest BCUT2D eigenvalue weighted by Gasteiger charge is -2.10. The molecule has 0 saturated carbocycles. The van der Waals surface area contributed by atoms with Gasteiger partial charge in [-0.25, -0.2) is 9.52 Å². The van der Waals surface area contributed by atoms with Crippen LogP contribution in [0, 0.1) is 0 Å². The highest BCUT2D eigenvalue weighted by Crippen LogP contribution is 2.05. The van der Waals surface area contributed by atoms with E-state index in [1.165, 1.54) is 0 Å². The van der Waals surface area contributed by atoms with Crippen molar-refractivity contribution in [3.05, 3.63) is 29.8 Å². The number of benzene rings is 1. The molecule has 0 saturated heterocycles. The van der Waals surface area contributed by atoms with E-state index in [-0.39, 0.29) is 6.54 Å². The van der Waals surface area contributed by atoms with Crippen LogP contribution in [-0.4, -0.2) is 20.6 Å². The van der Waals surface area contributed by atoms with Crippen LogP contribution in [0.4, 0.5) is 10.5 Å². The van der Waals surface area contributed by atoms with Crippen LogP contribution < -0.4 is 15.2 Å². The van der Waals surface area contributed by atoms with Gasteiger partial charge >= 0.3 is 16.3 Å². The third-order valence-electron chi connectivity index (χ3n) is 2.01. The number of rotatable bonds is 5. The summed E-state index contributed by atoms with van der Waals surface area (Å²) in [6.45, 7) is 3.28. The summed E-state index contributed by atoms with van der Waals surface area (Å²) in [5.74, 6) is 0. The number of nitrogens with one attached hydrogen (secondary N) is 2. The molecule has 1 amide bonds. The quantitative estimate of drug-likeness (QED) is 0.692. The molecule has 1 aromatic rings. The van der Waals surface area contributed by atoms with Gasteiger partial charge in [0.05, 0.1) is 6.10 Å². The first-order valence-corrected chi connectivity index (χ1v) is 7.09. The molecule has 0 unspecified atom stereocenters. The molecular weight excluding hydrogens is 270 g/mol. The minimum Gasteiger partial charge on any atom is -0.446 e. The number of nitrogens with two attached hydrogens (primary N) is 1. The molecule has 0 heterocycles. The van der Waals surface area contributed by atoms with Crippen molar-refractivity contribution in [2.45, 2.75) is 26.5 Å². The Morgan fingerprint density at radius 3 is 2.42 bits per heavy atom. The molecule has 0 aliphatic carbocycles. The van der Waals surface area contributed by atoms with Crippen molar-refractivity contribution in [2.75, 3.05) is 5.73 Å². The summed E-state index contributed by atoms with van der Waals surface area (Å²) in [4.78, 5) is 11.2. The Kier molecular flexibility index (Phi) is 5.13. The van der Waals surface area contributed by atoms with Crippen molar-refractivity contribution in [2.24, 2.45) is 0 Å². The molecule has 0 atom stereocenters. The topological polar surface area (TPSA) is 111 Å². The van der Waals surface area contributed by atoms with E-state index >= 15 is 0 Å². The zero-order valence-electron chi connectivity index (χ0n) is 10.7. The maximum absolute atomic E-state index is 11.5. The fourth-order valence-corrected chi connectivity index (χ4v) is 1.89. The Bertz CT molecular complexity index is 525. The number of amides is 1. The first kappa shape index (κ1) is 15.3. The van der Waals surface area contributed by atoms with Gasteiger partial charge in [0.15, 0.2) is 0 Å². The van der Waals surface area contributed by atoms with Crippen molar-refractivity contribution in [3.63, 3.8) is 0 Å². The van der Waals surface area contributed by atoms with Gasteiger partial charge < -0.3 is 10.5 Å². The Labute approximate surface area is 112 Å². The summed E-state index contributed by atoms with van der Waals surface area (Å²) in [5.41, 5.74) is 6.82. The summed E-state index contributed by atoms with van der Waals surface area (Å²) in [6, 6.07) is 6.68. The number of carbonyl (C=O) groups is 1. The van der Waals surface area contributed by atoms with Crippen LogP contribution in [-0.2, 0) is 21.5 Å². The van der Waals surface area contributed by atoms with Gasteiger partial charge in [0, 0.05) is 12.2 Å². The Balaban J connectivity index is 2.51. The number of ether oxygens (including phenoxy) is 1. The lowest BCUT2D eigenvalue weighted by molar-refractivity contribution is 0.121. The maximum Gasteiger partial charge on any atom is 0.422 e. The second-order valence-corrected chi connectivity index (χ2v) is 5.62. The van der Waals surface area contributed by atoms with Crippen LogP contribution in [0.5, 0.6) is 0 Å². The van der Waals surface area contributed by atoms with E-state index in [1.807, 2.05) is 0 Å². The molecule has 19 heavy (non-hydrogen) atoms. The van der Waals surface area contributed by atoms with Crippen LogP contribution in [0.1, 0.15) is 19.4 Å². The molecule has 7 nitrogen and oxygen atoms in total. The van der Waals surface area contributed by atoms with Crippen molar-refractivity contribution in [1.29, 1.82) is 0 Å². The molecule has 0 aliphatic rings. The molecule has 0 bridgehead atoms. The molecule has 0 aliphatic heterocycles. The van der Waals surface area contributed by atoms with Gasteiger partial charge in [-0.05, 0) is 31.5 Å². The SMILES string of the molecule is CC(C)OC(=O)NS(=O)(=O)NCc1ccc(N)cc1. The van der Waals surface area contributed by atoms with Gasteiger partial charge in [0.25, 0.3) is 0 Å². The van der Waals surface area contributed by atoms with Crippen LogP contribution in [0.25, 0.3) is 0 Å². The Hall–Kier alpha value is -1.80. The molecule has 0 aromatic heterocycles. The molecule has 1 aromatic carbocycles. The molecule has 106 valence electrons. The van der Waals surface area contributed by atoms with Crippen LogP contribution >= 0.6 is 0 Å². The van der Waals surface area contributed by atoms with Gasteiger partial charge in [0.1, 0.15) is 0 Å². The molecule has 0 spiro atoms. The van der Waals surface area contributed by atoms with E-state index in [4.69, 9.17) is 5.73 Å². The molecular formula is C11H17N3O4S. The second kappa shape index (κ2) is 6.39. The highest BCUT2D eigenvalue weighted by molar-refractivity contribution is 7.88. The molecule has 8 heteroatoms. The smallest absolute Gasteiger partial charge is 0.422 e. The van der Waals surface area contributed by atoms with Crippen LogP contribution in [0.15, 0.2) is 24.3 Å². The highest BCUT2D eigenvalue weighted by atomic mass is 32.2. The summed E-state index contributed by atoms with van der Waals surface area (Å²) >= 11 is 0. The number of hydrogen-bond acceptors (Lipinski definition) is 5. The van der Waals surface area contributed by atoms with Gasteiger partial charge in [0.2, 0.25) is 0 Å². The maximum atomic E-state index is 11.5. The number of hydrogen-bond donors (Lipinski definition) is 3. The summed E-state index contributed by atoms with van der Waals surface area (Å²) in [7, 11) is -3.94. The number of anilines is 1. The monoisotopic (exact) mass is 287 g/mol. The van der Waals surface area contributed by atoms with Gasteiger partial charge in [-0.15, -0.1) is 0 Å². The third kappa shape index (κ3) is 6.07. The van der Waals surface area contributed by atoms with E-state index < -0.39 is 22.4 Å². The van der Waals surface area contributed by atoms with E-state index in [9.17, 15) is 13.2 Å². The second-order valence-electron chi connectivity index (χ2n) is 4.12. The lowest BCUT2D eigenvalue weighted by Crippen LogP contribution is -2.40. The zero-order chi connectivity index (χ0) is 14.5. The first-order valence-electron chi connectivity index (χ1n) is 5.61. The van der Waals surface area contributed by atoms with Crippen molar-refractivity contribution in [3.8, 4) is 0 Å². The minimum atomic E-state index is -3.94. The molecule has 1 rings (SSSR count). The Morgan fingerprint density at radius 1 is 1.32 bits per heavy atom. The van der Waals surface area contributed by atoms with Gasteiger partial charge in [-0.1, -0.05) is 12.1 Å². The number of nitrogen functional groups attached to an aromatic ring is 1. The standard InChI is InChI=1S/C11H17N3O4S/c1-8(2)18-11(15)14-19(16,17)13-7-9-3-5-10(12)6-4-9/h3-6,8,13H,7,12H2,1-2H3,(H,14,15). The summed E-state index contributed by atoms with van der Waals surface area (Å²) < 4.78 is 31.7. The van der Waals surface area contributed by atoms with Crippen LogP contribution in [0.3, 0.4) is 0 Å². The fraction of sp³-hybridized carbons (Fsp3) is 0.364. The predicted molar refractivity (Wildman–Crippen MR) is 71.4 cm³/mol. The fourth-order valence-electron chi connectivity index (χ4n) is 1.20. The molecule has 4 N–H and O–H groups in total. The van der Waals surface area contributed by atoms with Gasteiger partial charge in [-0.2, -0.15) is 13.1 Å². The predicted octanol–water partition coefficient (Wildman–Crippen LogP) is 0.738. The van der Waals surface area contributed by atoms with Crippen molar-refractivity contribution >= 4 is 22.0 Å². The molecule has 0 radical (unpaired) electrons. The largest absolute Gasteiger partial charge is 0.446 e. The molecule has 0 fully saturated rings. The van der Waals surface area contributed by atoms with Crippen molar-refractivity contribution < 1.29 is 17.9 Å². The highest BCUT2D eigenvalue weighted by Gasteiger charge is 2.15.